The van der Waals surface area contributed by atoms with Gasteiger partial charge in [-0.2, -0.15) is 16.9 Å². The number of thioether (sulfide) groups is 1. The Morgan fingerprint density at radius 3 is 2.89 bits per heavy atom. The fourth-order valence-electron chi connectivity index (χ4n) is 1.17. The van der Waals surface area contributed by atoms with E-state index in [1.54, 1.807) is 18.0 Å². The van der Waals surface area contributed by atoms with Crippen molar-refractivity contribution in [2.24, 2.45) is 0 Å². The molecule has 0 saturated heterocycles. The molecule has 0 radical (unpaired) electrons. The first-order chi connectivity index (χ1) is 8.41. The molecule has 1 rings (SSSR count). The fourth-order valence-corrected chi connectivity index (χ4v) is 1.83. The summed E-state index contributed by atoms with van der Waals surface area (Å²) in [7, 11) is 0. The maximum absolute atomic E-state index is 11.9. The summed E-state index contributed by atoms with van der Waals surface area (Å²) in [5.74, 6) is 2.39. The van der Waals surface area contributed by atoms with Crippen molar-refractivity contribution in [1.82, 2.24) is 9.78 Å². The number of hydrogen-bond acceptors (Lipinski definition) is 4. The number of rotatable bonds is 5. The van der Waals surface area contributed by atoms with Crippen LogP contribution in [0.1, 0.15) is 13.8 Å². The number of nitrogens with zero attached hydrogens (tertiary/aromatic N) is 2. The third kappa shape index (κ3) is 3.79. The van der Waals surface area contributed by atoms with Gasteiger partial charge in [0.2, 0.25) is 0 Å². The van der Waals surface area contributed by atoms with Gasteiger partial charge in [0, 0.05) is 11.3 Å². The molecule has 0 bridgehead atoms. The fraction of sp³-hybridized carbons (Fsp3) is 0.500. The summed E-state index contributed by atoms with van der Waals surface area (Å²) in [5, 5.41) is 7.24. The summed E-state index contributed by atoms with van der Waals surface area (Å²) < 4.78 is 1.80. The van der Waals surface area contributed by atoms with E-state index in [0.29, 0.717) is 10.2 Å². The Bertz CT molecular complexity index is 519. The highest BCUT2D eigenvalue weighted by Crippen LogP contribution is 2.23. The van der Waals surface area contributed by atoms with Gasteiger partial charge in [-0.25, -0.2) is 4.68 Å². The maximum Gasteiger partial charge on any atom is 0.284 e. The van der Waals surface area contributed by atoms with Crippen molar-refractivity contribution in [1.29, 1.82) is 0 Å². The molecule has 4 nitrogen and oxygen atoms in total. The van der Waals surface area contributed by atoms with Crippen LogP contribution >= 0.6 is 27.7 Å². The summed E-state index contributed by atoms with van der Waals surface area (Å²) >= 11 is 5.04. The minimum Gasteiger partial charge on any atom is -0.381 e. The highest BCUT2D eigenvalue weighted by atomic mass is 79.9. The normalized spacial score (nSPS) is 11.1. The molecule has 0 atom stereocenters. The highest BCUT2D eigenvalue weighted by Gasteiger charge is 2.17. The van der Waals surface area contributed by atoms with E-state index in [-0.39, 0.29) is 16.9 Å². The van der Waals surface area contributed by atoms with E-state index in [1.165, 1.54) is 4.68 Å². The highest BCUT2D eigenvalue weighted by molar-refractivity contribution is 9.10. The van der Waals surface area contributed by atoms with Crippen molar-refractivity contribution in [3.63, 3.8) is 0 Å². The minimum absolute atomic E-state index is 0.0904. The van der Waals surface area contributed by atoms with E-state index >= 15 is 0 Å². The minimum atomic E-state index is -0.222. The zero-order valence-corrected chi connectivity index (χ0v) is 13.1. The molecule has 0 aliphatic carbocycles. The number of terminal acetylenes is 1. The van der Waals surface area contributed by atoms with Crippen LogP contribution in [-0.4, -0.2) is 27.3 Å². The van der Waals surface area contributed by atoms with E-state index < -0.39 is 0 Å². The summed E-state index contributed by atoms with van der Waals surface area (Å²) in [4.78, 5) is 11.9. The average molecular weight is 330 g/mol. The second kappa shape index (κ2) is 6.30. The molecule has 1 N–H and O–H groups in total. The van der Waals surface area contributed by atoms with Crippen LogP contribution < -0.4 is 10.9 Å². The monoisotopic (exact) mass is 329 g/mol. The third-order valence-electron chi connectivity index (χ3n) is 2.48. The smallest absolute Gasteiger partial charge is 0.284 e. The largest absolute Gasteiger partial charge is 0.381 e. The van der Waals surface area contributed by atoms with Gasteiger partial charge in [0.1, 0.15) is 11.0 Å². The molecule has 1 aromatic heterocycles. The lowest BCUT2D eigenvalue weighted by Crippen LogP contribution is -2.28. The van der Waals surface area contributed by atoms with Gasteiger partial charge in [-0.1, -0.05) is 5.92 Å². The van der Waals surface area contributed by atoms with E-state index in [1.807, 2.05) is 0 Å². The van der Waals surface area contributed by atoms with Crippen LogP contribution in [0.4, 0.5) is 5.69 Å². The molecule has 0 aromatic carbocycles. The van der Waals surface area contributed by atoms with Crippen LogP contribution in [0.2, 0.25) is 0 Å². The molecule has 0 saturated carbocycles. The predicted octanol–water partition coefficient (Wildman–Crippen LogP) is 2.19. The van der Waals surface area contributed by atoms with E-state index in [0.717, 1.165) is 6.54 Å². The lowest BCUT2D eigenvalue weighted by Gasteiger charge is -2.23. The molecule has 0 unspecified atom stereocenters. The first-order valence-electron chi connectivity index (χ1n) is 5.39. The van der Waals surface area contributed by atoms with Crippen molar-refractivity contribution in [2.45, 2.75) is 25.1 Å². The van der Waals surface area contributed by atoms with Crippen molar-refractivity contribution in [3.8, 4) is 12.3 Å². The molecule has 6 heteroatoms. The van der Waals surface area contributed by atoms with Gasteiger partial charge in [0.25, 0.3) is 5.56 Å². The first kappa shape index (κ1) is 15.1. The maximum atomic E-state index is 11.9. The summed E-state index contributed by atoms with van der Waals surface area (Å²) in [6.45, 7) is 5.18. The number of nitrogens with one attached hydrogen (secondary N) is 1. The average Bonchev–Trinajstić information content (AvgIpc) is 2.34. The SMILES string of the molecule is C#CCn1ncc(NCC(C)(C)SC)c(Br)c1=O. The van der Waals surface area contributed by atoms with Gasteiger partial charge >= 0.3 is 0 Å². The van der Waals surface area contributed by atoms with Crippen LogP contribution in [-0.2, 0) is 6.54 Å². The molecular weight excluding hydrogens is 314 g/mol. The number of anilines is 1. The van der Waals surface area contributed by atoms with Crippen LogP contribution in [0, 0.1) is 12.3 Å². The van der Waals surface area contributed by atoms with Gasteiger partial charge in [0.15, 0.2) is 0 Å². The lowest BCUT2D eigenvalue weighted by atomic mass is 10.2. The van der Waals surface area contributed by atoms with Gasteiger partial charge in [-0.3, -0.25) is 4.79 Å². The Balaban J connectivity index is 2.90. The van der Waals surface area contributed by atoms with Crippen LogP contribution in [0.25, 0.3) is 0 Å². The second-order valence-electron chi connectivity index (χ2n) is 4.36. The van der Waals surface area contributed by atoms with Crippen LogP contribution in [0.5, 0.6) is 0 Å². The van der Waals surface area contributed by atoms with Crippen LogP contribution in [0.15, 0.2) is 15.5 Å². The van der Waals surface area contributed by atoms with Crippen molar-refractivity contribution < 1.29 is 0 Å². The zero-order valence-electron chi connectivity index (χ0n) is 10.7. The molecule has 1 heterocycles. The number of halogens is 1. The Morgan fingerprint density at radius 2 is 2.33 bits per heavy atom. The topological polar surface area (TPSA) is 46.9 Å². The molecule has 98 valence electrons. The Hall–Kier alpha value is -0.930. The molecule has 0 amide bonds. The predicted molar refractivity (Wildman–Crippen MR) is 81.1 cm³/mol. The standard InChI is InChI=1S/C12H16BrN3OS/c1-5-6-16-11(17)10(13)9(7-15-16)14-8-12(2,3)18-4/h1,7,14H,6,8H2,2-4H3. The molecule has 0 spiro atoms. The molecule has 0 aliphatic rings. The second-order valence-corrected chi connectivity index (χ2v) is 6.66. The molecular formula is C12H16BrN3OS. The summed E-state index contributed by atoms with van der Waals surface area (Å²) in [5.41, 5.74) is 0.468. The first-order valence-corrected chi connectivity index (χ1v) is 7.41. The van der Waals surface area contributed by atoms with E-state index in [4.69, 9.17) is 6.42 Å². The molecule has 0 aliphatic heterocycles. The van der Waals surface area contributed by atoms with Crippen molar-refractivity contribution >= 4 is 33.4 Å². The molecule has 0 fully saturated rings. The van der Waals surface area contributed by atoms with Gasteiger partial charge in [-0.05, 0) is 36.0 Å². The third-order valence-corrected chi connectivity index (χ3v) is 4.50. The van der Waals surface area contributed by atoms with Crippen LogP contribution in [0.3, 0.4) is 0 Å². The van der Waals surface area contributed by atoms with Crippen molar-refractivity contribution in [3.05, 3.63) is 21.0 Å². The summed E-state index contributed by atoms with van der Waals surface area (Å²) in [6, 6.07) is 0. The van der Waals surface area contributed by atoms with E-state index in [2.05, 4.69) is 52.4 Å². The quantitative estimate of drug-likeness (QED) is 0.841. The van der Waals surface area contributed by atoms with Gasteiger partial charge in [-0.15, -0.1) is 6.42 Å². The van der Waals surface area contributed by atoms with E-state index in [9.17, 15) is 4.79 Å². The molecule has 1 aromatic rings. The Kier molecular flexibility index (Phi) is 5.29. The zero-order chi connectivity index (χ0) is 13.8. The van der Waals surface area contributed by atoms with Gasteiger partial charge in [0.05, 0.1) is 11.9 Å². The van der Waals surface area contributed by atoms with Gasteiger partial charge < -0.3 is 5.32 Å². The van der Waals surface area contributed by atoms with Crippen molar-refractivity contribution in [2.75, 3.05) is 18.1 Å². The number of hydrogen-bond donors (Lipinski definition) is 1. The Labute approximate surface area is 120 Å². The number of aromatic nitrogens is 2. The summed E-state index contributed by atoms with van der Waals surface area (Å²) in [6.07, 6.45) is 8.83. The molecule has 18 heavy (non-hydrogen) atoms. The Morgan fingerprint density at radius 1 is 1.67 bits per heavy atom. The lowest BCUT2D eigenvalue weighted by molar-refractivity contribution is 0.658.